The first-order chi connectivity index (χ1) is 31.7. The van der Waals surface area contributed by atoms with Crippen LogP contribution in [0.1, 0.15) is 0 Å². The molecule has 6 nitrogen and oxygen atoms in total. The molecule has 14 rings (SSSR count). The van der Waals surface area contributed by atoms with Gasteiger partial charge in [-0.2, -0.15) is 0 Å². The second-order valence-corrected chi connectivity index (χ2v) is 17.3. The summed E-state index contributed by atoms with van der Waals surface area (Å²) in [6.07, 6.45) is 0. The van der Waals surface area contributed by atoms with Crippen LogP contribution in [0.5, 0.6) is 0 Å². The first kappa shape index (κ1) is 35.2. The third kappa shape index (κ3) is 5.16. The van der Waals surface area contributed by atoms with Gasteiger partial charge in [-0.15, -0.1) is 11.3 Å². The molecule has 0 spiro atoms. The maximum absolute atomic E-state index is 6.79. The Morgan fingerprint density at radius 3 is 1.73 bits per heavy atom. The molecule has 0 saturated heterocycles. The Kier molecular flexibility index (Phi) is 7.46. The predicted molar refractivity (Wildman–Crippen MR) is 263 cm³/mol. The molecule has 0 unspecified atom stereocenters. The van der Waals surface area contributed by atoms with E-state index >= 15 is 0 Å². The fraction of sp³-hybridized carbons (Fsp3) is 0. The number of hydrogen-bond donors (Lipinski definition) is 0. The third-order valence-electron chi connectivity index (χ3n) is 12.7. The molecule has 64 heavy (non-hydrogen) atoms. The zero-order chi connectivity index (χ0) is 41.9. The minimum Gasteiger partial charge on any atom is -0.456 e. The summed E-state index contributed by atoms with van der Waals surface area (Å²) in [5.74, 6) is 1.87. The summed E-state index contributed by atoms with van der Waals surface area (Å²) < 4.78 is 17.8. The second kappa shape index (κ2) is 13.6. The highest BCUT2D eigenvalue weighted by Crippen LogP contribution is 2.49. The summed E-state index contributed by atoms with van der Waals surface area (Å²) in [7, 11) is 0. The predicted octanol–water partition coefficient (Wildman–Crippen LogP) is 15.8. The SMILES string of the molecule is c1ccc(-c2nc(-c3ccccc3)nc(-c3ccc(-c4ccc5oc6ccccc6c5c4)c4sc5c(-n6c7ccccc7c7ccc8c9ccccc9oc8c76)cccc5c34)n2)cc1. The van der Waals surface area contributed by atoms with Crippen molar-refractivity contribution in [3.05, 3.63) is 194 Å². The van der Waals surface area contributed by atoms with E-state index in [1.54, 1.807) is 0 Å². The Morgan fingerprint density at radius 2 is 0.969 bits per heavy atom. The van der Waals surface area contributed by atoms with E-state index in [4.69, 9.17) is 23.8 Å². The highest BCUT2D eigenvalue weighted by Gasteiger charge is 2.24. The van der Waals surface area contributed by atoms with Gasteiger partial charge in [-0.3, -0.25) is 0 Å². The maximum atomic E-state index is 6.79. The van der Waals surface area contributed by atoms with Crippen LogP contribution in [0.25, 0.3) is 137 Å². The van der Waals surface area contributed by atoms with E-state index in [0.29, 0.717) is 17.5 Å². The summed E-state index contributed by atoms with van der Waals surface area (Å²) in [5.41, 5.74) is 11.8. The smallest absolute Gasteiger partial charge is 0.164 e. The molecule has 7 heteroatoms. The van der Waals surface area contributed by atoms with Gasteiger partial charge in [0, 0.05) is 64.5 Å². The van der Waals surface area contributed by atoms with Crippen molar-refractivity contribution in [3.63, 3.8) is 0 Å². The summed E-state index contributed by atoms with van der Waals surface area (Å²) in [6, 6.07) is 67.7. The first-order valence-electron chi connectivity index (χ1n) is 21.3. The highest BCUT2D eigenvalue weighted by atomic mass is 32.1. The summed E-state index contributed by atoms with van der Waals surface area (Å²) >= 11 is 1.81. The Bertz CT molecular complexity index is 4140. The van der Waals surface area contributed by atoms with Gasteiger partial charge in [-0.25, -0.2) is 15.0 Å². The van der Waals surface area contributed by atoms with Crippen molar-refractivity contribution >= 4 is 97.2 Å². The zero-order valence-electron chi connectivity index (χ0n) is 34.0. The minimum absolute atomic E-state index is 0.617. The third-order valence-corrected chi connectivity index (χ3v) is 13.9. The number of rotatable bonds is 5. The largest absolute Gasteiger partial charge is 0.456 e. The zero-order valence-corrected chi connectivity index (χ0v) is 34.8. The topological polar surface area (TPSA) is 69.9 Å². The van der Waals surface area contributed by atoms with Gasteiger partial charge in [-0.05, 0) is 59.7 Å². The number of fused-ring (bicyclic) bond motifs is 13. The van der Waals surface area contributed by atoms with Crippen LogP contribution in [0.15, 0.2) is 203 Å². The number of aromatic nitrogens is 4. The molecule has 0 atom stereocenters. The van der Waals surface area contributed by atoms with Gasteiger partial charge in [0.05, 0.1) is 21.4 Å². The molecule has 0 N–H and O–H groups in total. The lowest BCUT2D eigenvalue weighted by molar-refractivity contribution is 0.669. The van der Waals surface area contributed by atoms with E-state index in [1.807, 2.05) is 65.9 Å². The van der Waals surface area contributed by atoms with Crippen molar-refractivity contribution in [1.82, 2.24) is 19.5 Å². The van der Waals surface area contributed by atoms with Crippen molar-refractivity contribution < 1.29 is 8.83 Å². The Hall–Kier alpha value is -8.39. The van der Waals surface area contributed by atoms with Gasteiger partial charge >= 0.3 is 0 Å². The van der Waals surface area contributed by atoms with E-state index in [-0.39, 0.29) is 0 Å². The van der Waals surface area contributed by atoms with Crippen LogP contribution >= 0.6 is 11.3 Å². The Morgan fingerprint density at radius 1 is 0.375 bits per heavy atom. The standard InChI is InChI=1S/C57H32N4O2S/c1-3-14-33(15-4-1)55-58-56(34-16-5-2-6-17-34)60-57(59-55)43-30-27-36(35-26-31-49-44(32-35)39-20-9-11-24-47(39)62-49)54-50(43)42-21-13-23-46(53(42)64-54)61-45-22-10-7-18-37(45)40-28-29-41-38-19-8-12-25-48(38)63-52(41)51(40)61/h1-32H. The van der Waals surface area contributed by atoms with Crippen LogP contribution in [0.2, 0.25) is 0 Å². The quantitative estimate of drug-likeness (QED) is 0.173. The van der Waals surface area contributed by atoms with Gasteiger partial charge < -0.3 is 13.4 Å². The molecule has 14 aromatic rings. The number of hydrogen-bond acceptors (Lipinski definition) is 6. The molecular formula is C57H32N4O2S. The molecule has 0 bridgehead atoms. The maximum Gasteiger partial charge on any atom is 0.164 e. The van der Waals surface area contributed by atoms with Gasteiger partial charge in [0.25, 0.3) is 0 Å². The van der Waals surface area contributed by atoms with Gasteiger partial charge in [0.15, 0.2) is 23.1 Å². The van der Waals surface area contributed by atoms with E-state index in [1.165, 1.54) is 5.39 Å². The minimum atomic E-state index is 0.617. The average molecular weight is 837 g/mol. The van der Waals surface area contributed by atoms with Crippen LogP contribution in [0.3, 0.4) is 0 Å². The molecular weight excluding hydrogens is 805 g/mol. The molecule has 9 aromatic carbocycles. The summed E-state index contributed by atoms with van der Waals surface area (Å²) in [6.45, 7) is 0. The van der Waals surface area contributed by atoms with E-state index in [0.717, 1.165) is 114 Å². The normalized spacial score (nSPS) is 12.1. The van der Waals surface area contributed by atoms with Crippen LogP contribution < -0.4 is 0 Å². The van der Waals surface area contributed by atoms with Crippen LogP contribution in [-0.4, -0.2) is 19.5 Å². The second-order valence-electron chi connectivity index (χ2n) is 16.3. The summed E-state index contributed by atoms with van der Waals surface area (Å²) in [5, 5.41) is 8.92. The number of thiophene rings is 1. The number of nitrogens with zero attached hydrogens (tertiary/aromatic N) is 4. The van der Waals surface area contributed by atoms with Crippen LogP contribution in [0.4, 0.5) is 0 Å². The highest BCUT2D eigenvalue weighted by molar-refractivity contribution is 7.27. The number of para-hydroxylation sites is 3. The van der Waals surface area contributed by atoms with Gasteiger partial charge in [0.2, 0.25) is 0 Å². The van der Waals surface area contributed by atoms with Crippen molar-refractivity contribution in [2.45, 2.75) is 0 Å². The fourth-order valence-electron chi connectivity index (χ4n) is 9.78. The van der Waals surface area contributed by atoms with E-state index in [2.05, 4.69) is 144 Å². The van der Waals surface area contributed by atoms with Crippen molar-refractivity contribution in [2.75, 3.05) is 0 Å². The lowest BCUT2D eigenvalue weighted by atomic mass is 9.97. The molecule has 0 aliphatic carbocycles. The molecule has 0 fully saturated rings. The van der Waals surface area contributed by atoms with Gasteiger partial charge in [0.1, 0.15) is 16.7 Å². The number of benzene rings is 9. The lowest BCUT2D eigenvalue weighted by Crippen LogP contribution is -2.00. The van der Waals surface area contributed by atoms with Crippen molar-refractivity contribution in [2.24, 2.45) is 0 Å². The molecule has 0 saturated carbocycles. The molecule has 5 aromatic heterocycles. The molecule has 0 amide bonds. The van der Waals surface area contributed by atoms with E-state index in [9.17, 15) is 0 Å². The molecule has 5 heterocycles. The monoisotopic (exact) mass is 836 g/mol. The van der Waals surface area contributed by atoms with E-state index < -0.39 is 0 Å². The fourth-order valence-corrected chi connectivity index (χ4v) is 11.1. The Balaban J connectivity index is 1.10. The number of furan rings is 2. The van der Waals surface area contributed by atoms with Gasteiger partial charge in [-0.1, -0.05) is 146 Å². The van der Waals surface area contributed by atoms with Crippen LogP contribution in [0, 0.1) is 0 Å². The first-order valence-corrected chi connectivity index (χ1v) is 22.2. The molecule has 0 aliphatic heterocycles. The lowest BCUT2D eigenvalue weighted by Gasteiger charge is -2.12. The molecule has 0 radical (unpaired) electrons. The Labute approximate surface area is 368 Å². The molecule has 0 aliphatic rings. The van der Waals surface area contributed by atoms with Crippen molar-refractivity contribution in [1.29, 1.82) is 0 Å². The molecule has 298 valence electrons. The van der Waals surface area contributed by atoms with Crippen LogP contribution in [-0.2, 0) is 0 Å². The average Bonchev–Trinajstić information content (AvgIpc) is 4.13. The summed E-state index contributed by atoms with van der Waals surface area (Å²) in [4.78, 5) is 15.6. The van der Waals surface area contributed by atoms with Crippen molar-refractivity contribution in [3.8, 4) is 51.0 Å².